The highest BCUT2D eigenvalue weighted by Crippen LogP contribution is 2.33. The SMILES string of the molecule is Cc1nnc([C@H]2Cc3ccccc3CN2C(=O)OC(C)(C)C)o1. The number of carbonyl (C=O) groups excluding carboxylic acids is 1. The molecule has 0 radical (unpaired) electrons. The molecule has 0 spiro atoms. The molecule has 1 aliphatic heterocycles. The van der Waals surface area contributed by atoms with Crippen LogP contribution in [0.4, 0.5) is 4.79 Å². The van der Waals surface area contributed by atoms with Gasteiger partial charge in [-0.3, -0.25) is 4.90 Å². The maximum Gasteiger partial charge on any atom is 0.411 e. The second-order valence-electron chi connectivity index (χ2n) is 6.76. The number of aromatic nitrogens is 2. The Morgan fingerprint density at radius 2 is 1.96 bits per heavy atom. The zero-order chi connectivity index (χ0) is 16.6. The van der Waals surface area contributed by atoms with E-state index < -0.39 is 5.60 Å². The number of nitrogens with zero attached hydrogens (tertiary/aromatic N) is 3. The second kappa shape index (κ2) is 5.68. The first-order valence-electron chi connectivity index (χ1n) is 7.70. The fraction of sp³-hybridized carbons (Fsp3) is 0.471. The molecule has 1 aromatic carbocycles. The number of benzene rings is 1. The maximum atomic E-state index is 12.6. The van der Waals surface area contributed by atoms with E-state index >= 15 is 0 Å². The highest BCUT2D eigenvalue weighted by atomic mass is 16.6. The quantitative estimate of drug-likeness (QED) is 0.806. The average Bonchev–Trinajstić information content (AvgIpc) is 2.90. The van der Waals surface area contributed by atoms with Gasteiger partial charge in [-0.05, 0) is 31.9 Å². The van der Waals surface area contributed by atoms with Crippen molar-refractivity contribution < 1.29 is 13.9 Å². The first-order valence-corrected chi connectivity index (χ1v) is 7.70. The summed E-state index contributed by atoms with van der Waals surface area (Å²) in [5, 5.41) is 8.00. The fourth-order valence-corrected chi connectivity index (χ4v) is 2.70. The minimum Gasteiger partial charge on any atom is -0.444 e. The van der Waals surface area contributed by atoms with Crippen LogP contribution in [0.15, 0.2) is 28.7 Å². The van der Waals surface area contributed by atoms with Gasteiger partial charge in [-0.1, -0.05) is 24.3 Å². The summed E-state index contributed by atoms with van der Waals surface area (Å²) in [4.78, 5) is 14.3. The molecule has 0 fully saturated rings. The summed E-state index contributed by atoms with van der Waals surface area (Å²) in [6.45, 7) is 7.78. The van der Waals surface area contributed by atoms with Crippen LogP contribution in [-0.4, -0.2) is 26.8 Å². The zero-order valence-electron chi connectivity index (χ0n) is 13.9. The molecule has 6 nitrogen and oxygen atoms in total. The largest absolute Gasteiger partial charge is 0.444 e. The highest BCUT2D eigenvalue weighted by molar-refractivity contribution is 5.69. The lowest BCUT2D eigenvalue weighted by Crippen LogP contribution is -2.42. The Hall–Kier alpha value is -2.37. The van der Waals surface area contributed by atoms with Gasteiger partial charge in [0.05, 0.1) is 6.54 Å². The van der Waals surface area contributed by atoms with Crippen molar-refractivity contribution in [3.8, 4) is 0 Å². The van der Waals surface area contributed by atoms with E-state index in [-0.39, 0.29) is 12.1 Å². The van der Waals surface area contributed by atoms with Gasteiger partial charge in [0.1, 0.15) is 11.6 Å². The molecule has 122 valence electrons. The van der Waals surface area contributed by atoms with Crippen LogP contribution in [0, 0.1) is 6.92 Å². The first-order chi connectivity index (χ1) is 10.8. The van der Waals surface area contributed by atoms with Crippen molar-refractivity contribution in [2.45, 2.75) is 52.3 Å². The Morgan fingerprint density at radius 3 is 2.57 bits per heavy atom. The van der Waals surface area contributed by atoms with Crippen molar-refractivity contribution in [3.63, 3.8) is 0 Å². The smallest absolute Gasteiger partial charge is 0.411 e. The van der Waals surface area contributed by atoms with E-state index in [1.165, 1.54) is 5.56 Å². The molecular formula is C17H21N3O3. The summed E-state index contributed by atoms with van der Waals surface area (Å²) in [5.74, 6) is 0.936. The van der Waals surface area contributed by atoms with Crippen LogP contribution in [0.3, 0.4) is 0 Å². The Kier molecular flexibility index (Phi) is 3.83. The monoisotopic (exact) mass is 315 g/mol. The maximum absolute atomic E-state index is 12.6. The topological polar surface area (TPSA) is 68.5 Å². The van der Waals surface area contributed by atoms with Crippen molar-refractivity contribution in [1.29, 1.82) is 0 Å². The highest BCUT2D eigenvalue weighted by Gasteiger charge is 2.36. The van der Waals surface area contributed by atoms with E-state index in [0.29, 0.717) is 24.7 Å². The molecule has 1 amide bonds. The van der Waals surface area contributed by atoms with Gasteiger partial charge in [0.25, 0.3) is 0 Å². The van der Waals surface area contributed by atoms with Crippen molar-refractivity contribution in [2.24, 2.45) is 0 Å². The number of hydrogen-bond donors (Lipinski definition) is 0. The average molecular weight is 315 g/mol. The fourth-order valence-electron chi connectivity index (χ4n) is 2.70. The molecular weight excluding hydrogens is 294 g/mol. The van der Waals surface area contributed by atoms with Gasteiger partial charge in [-0.25, -0.2) is 4.79 Å². The third-order valence-electron chi connectivity index (χ3n) is 3.70. The summed E-state index contributed by atoms with van der Waals surface area (Å²) in [6.07, 6.45) is 0.268. The van der Waals surface area contributed by atoms with E-state index in [9.17, 15) is 4.79 Å². The van der Waals surface area contributed by atoms with Gasteiger partial charge >= 0.3 is 6.09 Å². The van der Waals surface area contributed by atoms with E-state index in [4.69, 9.17) is 9.15 Å². The van der Waals surface area contributed by atoms with Crippen LogP contribution >= 0.6 is 0 Å². The number of ether oxygens (including phenoxy) is 1. The Morgan fingerprint density at radius 1 is 1.26 bits per heavy atom. The molecule has 0 bridgehead atoms. The van der Waals surface area contributed by atoms with E-state index in [0.717, 1.165) is 5.56 Å². The molecule has 0 saturated carbocycles. The standard InChI is InChI=1S/C17H21N3O3/c1-11-18-19-15(22-11)14-9-12-7-5-6-8-13(12)10-20(14)16(21)23-17(2,3)4/h5-8,14H,9-10H2,1-4H3/t14-/m1/s1. The van der Waals surface area contributed by atoms with Crippen LogP contribution in [-0.2, 0) is 17.7 Å². The van der Waals surface area contributed by atoms with Crippen LogP contribution < -0.4 is 0 Å². The summed E-state index contributed by atoms with van der Waals surface area (Å²) in [5.41, 5.74) is 1.75. The van der Waals surface area contributed by atoms with Gasteiger partial charge in [0.15, 0.2) is 0 Å². The molecule has 1 atom stereocenters. The lowest BCUT2D eigenvalue weighted by Gasteiger charge is -2.36. The van der Waals surface area contributed by atoms with Gasteiger partial charge in [-0.2, -0.15) is 0 Å². The van der Waals surface area contributed by atoms with Gasteiger partial charge in [0, 0.05) is 13.3 Å². The second-order valence-corrected chi connectivity index (χ2v) is 6.76. The van der Waals surface area contributed by atoms with Crippen molar-refractivity contribution >= 4 is 6.09 Å². The summed E-state index contributed by atoms with van der Waals surface area (Å²) < 4.78 is 11.1. The zero-order valence-corrected chi connectivity index (χ0v) is 13.9. The molecule has 0 unspecified atom stereocenters. The van der Waals surface area contributed by atoms with Crippen LogP contribution in [0.25, 0.3) is 0 Å². The van der Waals surface area contributed by atoms with E-state index in [2.05, 4.69) is 16.3 Å². The predicted molar refractivity (Wildman–Crippen MR) is 83.7 cm³/mol. The first kappa shape index (κ1) is 15.5. The molecule has 1 aromatic heterocycles. The number of aryl methyl sites for hydroxylation is 1. The van der Waals surface area contributed by atoms with Gasteiger partial charge in [0.2, 0.25) is 11.8 Å². The van der Waals surface area contributed by atoms with E-state index in [1.54, 1.807) is 11.8 Å². The lowest BCUT2D eigenvalue weighted by molar-refractivity contribution is 0.00840. The molecule has 23 heavy (non-hydrogen) atoms. The molecule has 3 rings (SSSR count). The van der Waals surface area contributed by atoms with Gasteiger partial charge < -0.3 is 9.15 Å². The third-order valence-corrected chi connectivity index (χ3v) is 3.70. The van der Waals surface area contributed by atoms with Crippen LogP contribution in [0.1, 0.15) is 49.7 Å². The Balaban J connectivity index is 1.94. The lowest BCUT2D eigenvalue weighted by atomic mass is 9.94. The molecule has 1 aliphatic rings. The number of amides is 1. The minimum atomic E-state index is -0.552. The van der Waals surface area contributed by atoms with Crippen molar-refractivity contribution in [1.82, 2.24) is 15.1 Å². The molecule has 2 heterocycles. The Bertz CT molecular complexity index is 718. The molecule has 0 saturated heterocycles. The van der Waals surface area contributed by atoms with Crippen molar-refractivity contribution in [2.75, 3.05) is 0 Å². The van der Waals surface area contributed by atoms with Crippen LogP contribution in [0.2, 0.25) is 0 Å². The van der Waals surface area contributed by atoms with E-state index in [1.807, 2.05) is 39.0 Å². The summed E-state index contributed by atoms with van der Waals surface area (Å²) in [7, 11) is 0. The number of carbonyl (C=O) groups is 1. The molecule has 6 heteroatoms. The van der Waals surface area contributed by atoms with Gasteiger partial charge in [-0.15, -0.1) is 10.2 Å². The third kappa shape index (κ3) is 3.36. The molecule has 2 aromatic rings. The number of hydrogen-bond acceptors (Lipinski definition) is 5. The number of rotatable bonds is 1. The predicted octanol–water partition coefficient (Wildman–Crippen LogP) is 3.41. The van der Waals surface area contributed by atoms with Crippen molar-refractivity contribution in [3.05, 3.63) is 47.2 Å². The summed E-state index contributed by atoms with van der Waals surface area (Å²) in [6, 6.07) is 7.77. The normalized spacial score (nSPS) is 17.7. The minimum absolute atomic E-state index is 0.305. The van der Waals surface area contributed by atoms with Crippen LogP contribution in [0.5, 0.6) is 0 Å². The Labute approximate surface area is 135 Å². The number of fused-ring (bicyclic) bond motifs is 1. The molecule has 0 aliphatic carbocycles. The summed E-state index contributed by atoms with van der Waals surface area (Å²) >= 11 is 0. The molecule has 0 N–H and O–H groups in total.